The van der Waals surface area contributed by atoms with Crippen molar-refractivity contribution < 1.29 is 4.79 Å². The number of hydrogen-bond donors (Lipinski definition) is 1. The van der Waals surface area contributed by atoms with Crippen LogP contribution < -0.4 is 5.32 Å². The van der Waals surface area contributed by atoms with Crippen LogP contribution in [-0.4, -0.2) is 15.9 Å². The number of nitrogens with one attached hydrogen (secondary N) is 1. The number of hydrogen-bond acceptors (Lipinski definition) is 3. The molecule has 1 N–H and O–H groups in total. The molecule has 2 unspecified atom stereocenters. The van der Waals surface area contributed by atoms with Crippen LogP contribution in [0.25, 0.3) is 11.0 Å². The van der Waals surface area contributed by atoms with Crippen molar-refractivity contribution in [2.45, 2.75) is 44.4 Å². The van der Waals surface area contributed by atoms with Gasteiger partial charge in [0.05, 0.1) is 37.9 Å². The molecular weight excluding hydrogens is 405 g/mol. The van der Waals surface area contributed by atoms with Gasteiger partial charge in [0.25, 0.3) is 0 Å². The molecule has 0 aliphatic heterocycles. The molecule has 148 valence electrons. The fraction of sp³-hybridized carbons (Fsp3) is 0.348. The van der Waals surface area contributed by atoms with Crippen molar-refractivity contribution in [3.8, 4) is 0 Å². The van der Waals surface area contributed by atoms with E-state index in [9.17, 15) is 4.79 Å². The SMILES string of the molecule is CC12CCC(C(=O)Nc3ccc(Cl)c(Cl)c3)(c3nc4ccccc4nc31)C2(C)C. The smallest absolute Gasteiger partial charge is 0.237 e. The summed E-state index contributed by atoms with van der Waals surface area (Å²) in [6.45, 7) is 6.56. The second-order valence-electron chi connectivity index (χ2n) is 8.85. The van der Waals surface area contributed by atoms with Gasteiger partial charge >= 0.3 is 0 Å². The Balaban J connectivity index is 1.68. The lowest BCUT2D eigenvalue weighted by Crippen LogP contribution is -2.48. The number of anilines is 1. The average molecular weight is 426 g/mol. The molecule has 1 saturated carbocycles. The molecule has 29 heavy (non-hydrogen) atoms. The molecular formula is C23H21Cl2N3O. The van der Waals surface area contributed by atoms with Gasteiger partial charge in [-0.1, -0.05) is 56.1 Å². The lowest BCUT2D eigenvalue weighted by molar-refractivity contribution is -0.125. The van der Waals surface area contributed by atoms with E-state index in [-0.39, 0.29) is 16.7 Å². The van der Waals surface area contributed by atoms with Crippen LogP contribution in [0.3, 0.4) is 0 Å². The minimum absolute atomic E-state index is 0.0621. The lowest BCUT2D eigenvalue weighted by Gasteiger charge is -2.39. The summed E-state index contributed by atoms with van der Waals surface area (Å²) in [5.74, 6) is -0.0621. The molecule has 0 saturated heterocycles. The Labute approximate surface area is 179 Å². The monoisotopic (exact) mass is 425 g/mol. The second-order valence-corrected chi connectivity index (χ2v) is 9.67. The number of carbonyl (C=O) groups excluding carboxylic acids is 1. The molecule has 1 heterocycles. The first-order chi connectivity index (χ1) is 13.7. The third-order valence-corrected chi connectivity index (χ3v) is 8.25. The molecule has 1 amide bonds. The van der Waals surface area contributed by atoms with Gasteiger partial charge in [-0.25, -0.2) is 9.97 Å². The Hall–Kier alpha value is -2.17. The molecule has 2 atom stereocenters. The number of fused-ring (bicyclic) bond motifs is 6. The zero-order valence-electron chi connectivity index (χ0n) is 16.5. The summed E-state index contributed by atoms with van der Waals surface area (Å²) in [6, 6.07) is 13.0. The van der Waals surface area contributed by atoms with E-state index in [0.717, 1.165) is 35.3 Å². The molecule has 1 fully saturated rings. The largest absolute Gasteiger partial charge is 0.325 e. The third kappa shape index (κ3) is 2.25. The maximum atomic E-state index is 13.8. The van der Waals surface area contributed by atoms with Crippen LogP contribution >= 0.6 is 23.2 Å². The highest BCUT2D eigenvalue weighted by Crippen LogP contribution is 2.70. The number of para-hydroxylation sites is 2. The highest BCUT2D eigenvalue weighted by molar-refractivity contribution is 6.42. The van der Waals surface area contributed by atoms with E-state index in [2.05, 4.69) is 26.1 Å². The second kappa shape index (κ2) is 5.93. The Morgan fingerprint density at radius 3 is 2.24 bits per heavy atom. The van der Waals surface area contributed by atoms with Gasteiger partial charge in [-0.15, -0.1) is 0 Å². The van der Waals surface area contributed by atoms with E-state index >= 15 is 0 Å². The summed E-state index contributed by atoms with van der Waals surface area (Å²) < 4.78 is 0. The van der Waals surface area contributed by atoms with Crippen LogP contribution in [0.5, 0.6) is 0 Å². The topological polar surface area (TPSA) is 54.9 Å². The molecule has 5 rings (SSSR count). The number of rotatable bonds is 2. The summed E-state index contributed by atoms with van der Waals surface area (Å²) >= 11 is 12.2. The number of nitrogens with zero attached hydrogens (tertiary/aromatic N) is 2. The highest BCUT2D eigenvalue weighted by Gasteiger charge is 2.73. The van der Waals surface area contributed by atoms with E-state index in [4.69, 9.17) is 33.2 Å². The summed E-state index contributed by atoms with van der Waals surface area (Å²) in [4.78, 5) is 23.8. The fourth-order valence-electron chi connectivity index (χ4n) is 5.36. The molecule has 6 heteroatoms. The van der Waals surface area contributed by atoms with Crippen LogP contribution in [0, 0.1) is 5.41 Å². The van der Waals surface area contributed by atoms with Gasteiger partial charge in [-0.2, -0.15) is 0 Å². The average Bonchev–Trinajstić information content (AvgIpc) is 2.99. The first-order valence-corrected chi connectivity index (χ1v) is 10.5. The summed E-state index contributed by atoms with van der Waals surface area (Å²) in [5.41, 5.74) is 2.79. The molecule has 2 aliphatic carbocycles. The zero-order chi connectivity index (χ0) is 20.6. The maximum absolute atomic E-state index is 13.8. The van der Waals surface area contributed by atoms with E-state index in [1.54, 1.807) is 18.2 Å². The van der Waals surface area contributed by atoms with Crippen molar-refractivity contribution in [1.29, 1.82) is 0 Å². The standard InChI is InChI=1S/C23H21Cl2N3O/c1-21(2)22(3)10-11-23(21,20(29)26-13-8-9-14(24)15(25)12-13)19-18(22)27-16-6-4-5-7-17(16)28-19/h4-9,12H,10-11H2,1-3H3,(H,26,29). The predicted octanol–water partition coefficient (Wildman–Crippen LogP) is 5.90. The quantitative estimate of drug-likeness (QED) is 0.555. The van der Waals surface area contributed by atoms with Crippen molar-refractivity contribution in [2.24, 2.45) is 5.41 Å². The van der Waals surface area contributed by atoms with Crippen LogP contribution in [-0.2, 0) is 15.6 Å². The Kier molecular flexibility index (Phi) is 3.85. The van der Waals surface area contributed by atoms with E-state index in [0.29, 0.717) is 15.7 Å². The summed E-state index contributed by atoms with van der Waals surface area (Å²) in [5, 5.41) is 3.95. The van der Waals surface area contributed by atoms with Crippen LogP contribution in [0.1, 0.15) is 45.0 Å². The van der Waals surface area contributed by atoms with Crippen molar-refractivity contribution in [3.05, 3.63) is 63.9 Å². The third-order valence-electron chi connectivity index (χ3n) is 7.51. The first-order valence-electron chi connectivity index (χ1n) is 9.75. The predicted molar refractivity (Wildman–Crippen MR) is 117 cm³/mol. The fourth-order valence-corrected chi connectivity index (χ4v) is 5.66. The minimum Gasteiger partial charge on any atom is -0.325 e. The lowest BCUT2D eigenvalue weighted by atomic mass is 9.63. The van der Waals surface area contributed by atoms with Crippen molar-refractivity contribution in [3.63, 3.8) is 0 Å². The summed E-state index contributed by atoms with van der Waals surface area (Å²) in [6.07, 6.45) is 1.64. The van der Waals surface area contributed by atoms with Gasteiger partial charge < -0.3 is 5.32 Å². The van der Waals surface area contributed by atoms with Crippen molar-refractivity contribution in [1.82, 2.24) is 9.97 Å². The van der Waals surface area contributed by atoms with Gasteiger partial charge in [-0.05, 0) is 48.6 Å². The number of aromatic nitrogens is 2. The molecule has 4 nitrogen and oxygen atoms in total. The van der Waals surface area contributed by atoms with Gasteiger partial charge in [0, 0.05) is 11.1 Å². The molecule has 2 bridgehead atoms. The molecule has 2 aromatic carbocycles. The van der Waals surface area contributed by atoms with Gasteiger partial charge in [-0.3, -0.25) is 4.79 Å². The van der Waals surface area contributed by atoms with Gasteiger partial charge in [0.2, 0.25) is 5.91 Å². The number of benzene rings is 2. The van der Waals surface area contributed by atoms with Crippen LogP contribution in [0.15, 0.2) is 42.5 Å². The molecule has 0 spiro atoms. The molecule has 2 aliphatic rings. The van der Waals surface area contributed by atoms with Crippen LogP contribution in [0.4, 0.5) is 5.69 Å². The van der Waals surface area contributed by atoms with Crippen LogP contribution in [0.2, 0.25) is 10.0 Å². The van der Waals surface area contributed by atoms with Crippen molar-refractivity contribution >= 4 is 45.8 Å². The number of halogens is 2. The van der Waals surface area contributed by atoms with Gasteiger partial charge in [0.15, 0.2) is 0 Å². The first kappa shape index (κ1) is 18.8. The van der Waals surface area contributed by atoms with Crippen molar-refractivity contribution in [2.75, 3.05) is 5.32 Å². The van der Waals surface area contributed by atoms with E-state index < -0.39 is 5.41 Å². The maximum Gasteiger partial charge on any atom is 0.237 e. The normalized spacial score (nSPS) is 26.5. The minimum atomic E-state index is -0.750. The zero-order valence-corrected chi connectivity index (χ0v) is 18.0. The number of amides is 1. The Bertz CT molecular complexity index is 1190. The number of carbonyl (C=O) groups is 1. The van der Waals surface area contributed by atoms with Gasteiger partial charge in [0.1, 0.15) is 0 Å². The van der Waals surface area contributed by atoms with E-state index in [1.807, 2.05) is 24.3 Å². The summed E-state index contributed by atoms with van der Waals surface area (Å²) in [7, 11) is 0. The molecule has 1 aromatic heterocycles. The Morgan fingerprint density at radius 2 is 1.59 bits per heavy atom. The van der Waals surface area contributed by atoms with E-state index in [1.165, 1.54) is 0 Å². The Morgan fingerprint density at radius 1 is 0.931 bits per heavy atom. The highest BCUT2D eigenvalue weighted by atomic mass is 35.5. The molecule has 3 aromatic rings. The molecule has 0 radical (unpaired) electrons.